The minimum atomic E-state index is -3.69. The first-order valence-electron chi connectivity index (χ1n) is 12.1. The normalized spacial score (nSPS) is 22.6. The van der Waals surface area contributed by atoms with Crippen molar-refractivity contribution in [3.63, 3.8) is 0 Å². The Labute approximate surface area is 211 Å². The van der Waals surface area contributed by atoms with Crippen LogP contribution in [-0.4, -0.2) is 81.1 Å². The first-order valence-corrected chi connectivity index (χ1v) is 13.9. The molecule has 3 atom stereocenters. The third-order valence-electron chi connectivity index (χ3n) is 6.83. The highest BCUT2D eigenvalue weighted by Gasteiger charge is 2.50. The van der Waals surface area contributed by atoms with Crippen LogP contribution < -0.4 is 10.6 Å². The Morgan fingerprint density at radius 3 is 2.44 bits per heavy atom. The van der Waals surface area contributed by atoms with Crippen molar-refractivity contribution in [3.8, 4) is 0 Å². The van der Waals surface area contributed by atoms with Crippen LogP contribution in [0.3, 0.4) is 0 Å². The van der Waals surface area contributed by atoms with Gasteiger partial charge in [-0.25, -0.2) is 12.8 Å². The lowest BCUT2D eigenvalue weighted by atomic mass is 10.1. The van der Waals surface area contributed by atoms with Crippen LogP contribution >= 0.6 is 0 Å². The molecule has 1 aliphatic heterocycles. The highest BCUT2D eigenvalue weighted by Crippen LogP contribution is 2.50. The maximum Gasteiger partial charge on any atom is 0.251 e. The van der Waals surface area contributed by atoms with Gasteiger partial charge in [0.05, 0.1) is 24.7 Å². The van der Waals surface area contributed by atoms with Crippen molar-refractivity contribution in [1.29, 1.82) is 0 Å². The summed E-state index contributed by atoms with van der Waals surface area (Å²) in [6.07, 6.45) is 0.920. The fraction of sp³-hybridized carbons (Fsp3) is 0.462. The minimum Gasteiger partial charge on any atom is -0.378 e. The van der Waals surface area contributed by atoms with E-state index in [2.05, 4.69) is 29.7 Å². The number of benzene rings is 2. The van der Waals surface area contributed by atoms with Gasteiger partial charge < -0.3 is 20.3 Å². The number of rotatable bonds is 10. The summed E-state index contributed by atoms with van der Waals surface area (Å²) in [6, 6.07) is 13.7. The molecule has 2 aromatic rings. The zero-order valence-corrected chi connectivity index (χ0v) is 21.1. The molecule has 0 aromatic heterocycles. The number of sulfone groups is 1. The molecule has 0 unspecified atom stereocenters. The van der Waals surface area contributed by atoms with E-state index in [0.29, 0.717) is 32.2 Å². The molecule has 8 nitrogen and oxygen atoms in total. The topological polar surface area (TPSA) is 105 Å². The molecule has 2 fully saturated rings. The van der Waals surface area contributed by atoms with Gasteiger partial charge in [-0.05, 0) is 43.2 Å². The van der Waals surface area contributed by atoms with E-state index in [0.717, 1.165) is 18.6 Å². The van der Waals surface area contributed by atoms with E-state index < -0.39 is 39.3 Å². The van der Waals surface area contributed by atoms with Crippen LogP contribution in [0, 0.1) is 5.82 Å². The van der Waals surface area contributed by atoms with Crippen molar-refractivity contribution in [2.24, 2.45) is 0 Å². The van der Waals surface area contributed by atoms with Crippen LogP contribution in [0.2, 0.25) is 0 Å². The van der Waals surface area contributed by atoms with Crippen LogP contribution in [0.4, 0.5) is 4.39 Å². The molecule has 4 rings (SSSR count). The fourth-order valence-electron chi connectivity index (χ4n) is 4.58. The Bertz CT molecular complexity index is 1170. The molecular formula is C26H32FN3O5S. The summed E-state index contributed by atoms with van der Waals surface area (Å²) in [5, 5.41) is 5.92. The molecule has 2 amide bonds. The lowest BCUT2D eigenvalue weighted by Gasteiger charge is -2.30. The van der Waals surface area contributed by atoms with Crippen LogP contribution in [0.5, 0.6) is 0 Å². The average molecular weight is 518 g/mol. The number of nitrogens with one attached hydrogen (secondary N) is 2. The third-order valence-corrected chi connectivity index (χ3v) is 8.50. The smallest absolute Gasteiger partial charge is 0.251 e. The summed E-state index contributed by atoms with van der Waals surface area (Å²) in [4.78, 5) is 27.4. The standard InChI is InChI=1S/C26H32FN3O5S/c1-26(17-22(26)19-5-3-2-4-6-19)28-11-16-36(33,34)18-23(25(32)30-12-14-35-15-13-30)29-24(31)20-7-9-21(27)10-8-20/h2-10,22-23,28H,11-18H2,1H3,(H,29,31)/t22-,23-,26+/m0/s1. The molecule has 2 N–H and O–H groups in total. The third kappa shape index (κ3) is 6.68. The van der Waals surface area contributed by atoms with Crippen LogP contribution in [0.25, 0.3) is 0 Å². The number of amides is 2. The van der Waals surface area contributed by atoms with E-state index >= 15 is 0 Å². The maximum atomic E-state index is 13.2. The second-order valence-corrected chi connectivity index (χ2v) is 11.8. The van der Waals surface area contributed by atoms with Crippen LogP contribution in [-0.2, 0) is 19.4 Å². The monoisotopic (exact) mass is 517 g/mol. The predicted molar refractivity (Wildman–Crippen MR) is 134 cm³/mol. The summed E-state index contributed by atoms with van der Waals surface area (Å²) in [5.41, 5.74) is 1.19. The fourth-order valence-corrected chi connectivity index (χ4v) is 5.90. The van der Waals surface area contributed by atoms with Crippen molar-refractivity contribution in [3.05, 3.63) is 71.5 Å². The summed E-state index contributed by atoms with van der Waals surface area (Å²) in [5.74, 6) is -1.96. The highest BCUT2D eigenvalue weighted by molar-refractivity contribution is 7.91. The van der Waals surface area contributed by atoms with Crippen molar-refractivity contribution in [1.82, 2.24) is 15.5 Å². The first kappa shape index (κ1) is 26.2. The van der Waals surface area contributed by atoms with Crippen molar-refractivity contribution in [2.75, 3.05) is 44.4 Å². The number of hydrogen-bond acceptors (Lipinski definition) is 6. The van der Waals surface area contributed by atoms with E-state index in [-0.39, 0.29) is 23.4 Å². The van der Waals surface area contributed by atoms with Gasteiger partial charge in [0.25, 0.3) is 5.91 Å². The predicted octanol–water partition coefficient (Wildman–Crippen LogP) is 1.73. The molecule has 1 aliphatic carbocycles. The van der Waals surface area contributed by atoms with Gasteiger partial charge in [-0.1, -0.05) is 30.3 Å². The highest BCUT2D eigenvalue weighted by atomic mass is 32.2. The van der Waals surface area contributed by atoms with Crippen molar-refractivity contribution < 1.29 is 27.1 Å². The Kier molecular flexibility index (Phi) is 8.07. The molecular weight excluding hydrogens is 485 g/mol. The van der Waals surface area contributed by atoms with Gasteiger partial charge in [-0.3, -0.25) is 9.59 Å². The van der Waals surface area contributed by atoms with Crippen LogP contribution in [0.1, 0.15) is 35.2 Å². The Morgan fingerprint density at radius 1 is 1.11 bits per heavy atom. The Hall–Kier alpha value is -2.82. The van der Waals surface area contributed by atoms with Gasteiger partial charge in [0.1, 0.15) is 11.9 Å². The number of ether oxygens (including phenoxy) is 1. The van der Waals surface area contributed by atoms with Gasteiger partial charge >= 0.3 is 0 Å². The summed E-state index contributed by atoms with van der Waals surface area (Å²) in [6.45, 7) is 3.66. The molecule has 0 radical (unpaired) electrons. The quantitative estimate of drug-likeness (QED) is 0.498. The summed E-state index contributed by atoms with van der Waals surface area (Å²) >= 11 is 0. The molecule has 0 spiro atoms. The zero-order valence-electron chi connectivity index (χ0n) is 20.3. The van der Waals surface area contributed by atoms with Crippen molar-refractivity contribution in [2.45, 2.75) is 30.8 Å². The SMILES string of the molecule is C[C@@]1(NCCS(=O)(=O)C[C@H](NC(=O)c2ccc(F)cc2)C(=O)N2CCOCC2)C[C@H]1c1ccccc1. The number of halogens is 1. The molecule has 0 bridgehead atoms. The number of nitrogens with zero attached hydrogens (tertiary/aromatic N) is 1. The van der Waals surface area contributed by atoms with E-state index in [9.17, 15) is 22.4 Å². The van der Waals surface area contributed by atoms with Gasteiger partial charge in [-0.2, -0.15) is 0 Å². The van der Waals surface area contributed by atoms with Gasteiger partial charge in [0, 0.05) is 36.7 Å². The molecule has 1 saturated carbocycles. The molecule has 10 heteroatoms. The first-order chi connectivity index (χ1) is 17.2. The maximum absolute atomic E-state index is 13.2. The van der Waals surface area contributed by atoms with Gasteiger partial charge in [0.15, 0.2) is 9.84 Å². The lowest BCUT2D eigenvalue weighted by molar-refractivity contribution is -0.136. The van der Waals surface area contributed by atoms with E-state index in [1.54, 1.807) is 0 Å². The number of hydrogen-bond donors (Lipinski definition) is 2. The molecule has 2 aromatic carbocycles. The van der Waals surface area contributed by atoms with Gasteiger partial charge in [0.2, 0.25) is 5.91 Å². The molecule has 1 heterocycles. The second kappa shape index (κ2) is 11.1. The minimum absolute atomic E-state index is 0.142. The average Bonchev–Trinajstić information content (AvgIpc) is 3.55. The molecule has 36 heavy (non-hydrogen) atoms. The summed E-state index contributed by atoms with van der Waals surface area (Å²) < 4.78 is 44.5. The molecule has 194 valence electrons. The molecule has 2 aliphatic rings. The lowest BCUT2D eigenvalue weighted by Crippen LogP contribution is -2.54. The largest absolute Gasteiger partial charge is 0.378 e. The van der Waals surface area contributed by atoms with E-state index in [4.69, 9.17) is 4.74 Å². The zero-order chi connectivity index (χ0) is 25.8. The van der Waals surface area contributed by atoms with Gasteiger partial charge in [-0.15, -0.1) is 0 Å². The van der Waals surface area contributed by atoms with Crippen molar-refractivity contribution >= 4 is 21.7 Å². The summed E-state index contributed by atoms with van der Waals surface area (Å²) in [7, 11) is -3.69. The number of carbonyl (C=O) groups is 2. The number of carbonyl (C=O) groups excluding carboxylic acids is 2. The number of morpholine rings is 1. The van der Waals surface area contributed by atoms with Crippen LogP contribution in [0.15, 0.2) is 54.6 Å². The Morgan fingerprint density at radius 2 is 1.78 bits per heavy atom. The second-order valence-electron chi connectivity index (χ2n) is 9.60. The van der Waals surface area contributed by atoms with E-state index in [1.165, 1.54) is 22.6 Å². The Balaban J connectivity index is 1.38. The van der Waals surface area contributed by atoms with E-state index in [1.807, 2.05) is 18.2 Å². The molecule has 1 saturated heterocycles.